The number of rotatable bonds is 6. The van der Waals surface area contributed by atoms with Gasteiger partial charge in [0.15, 0.2) is 9.84 Å². The highest BCUT2D eigenvalue weighted by molar-refractivity contribution is 7.92. The van der Waals surface area contributed by atoms with E-state index in [0.717, 1.165) is 18.7 Å². The van der Waals surface area contributed by atoms with Crippen LogP contribution in [0.25, 0.3) is 0 Å². The normalized spacial score (nSPS) is 13.6. The van der Waals surface area contributed by atoms with Crippen LogP contribution in [0, 0.1) is 5.92 Å². The Morgan fingerprint density at radius 3 is 2.64 bits per heavy atom. The van der Waals surface area contributed by atoms with Crippen LogP contribution in [0.15, 0.2) is 18.2 Å². The van der Waals surface area contributed by atoms with Crippen molar-refractivity contribution in [2.24, 2.45) is 5.92 Å². The third kappa shape index (κ3) is 5.59. The number of nitrogens with one attached hydrogen (secondary N) is 2. The summed E-state index contributed by atoms with van der Waals surface area (Å²) in [5, 5.41) is 5.94. The zero-order chi connectivity index (χ0) is 15.5. The van der Waals surface area contributed by atoms with E-state index in [1.165, 1.54) is 11.1 Å². The first-order valence-electron chi connectivity index (χ1n) is 7.14. The molecule has 0 saturated carbocycles. The summed E-state index contributed by atoms with van der Waals surface area (Å²) in [7, 11) is -3.32. The molecule has 124 valence electrons. The monoisotopic (exact) mass is 346 g/mol. The third-order valence-corrected chi connectivity index (χ3v) is 5.21. The lowest BCUT2D eigenvalue weighted by Gasteiger charge is -2.09. The van der Waals surface area contributed by atoms with E-state index in [0.29, 0.717) is 6.54 Å². The molecule has 2 rings (SSSR count). The first-order chi connectivity index (χ1) is 9.85. The number of halogens is 1. The van der Waals surface area contributed by atoms with Gasteiger partial charge in [-0.2, -0.15) is 0 Å². The maximum Gasteiger partial charge on any atom is 0.235 e. The van der Waals surface area contributed by atoms with Gasteiger partial charge >= 0.3 is 0 Å². The molecular weight excluding hydrogens is 324 g/mol. The SMILES string of the molecule is CC(C)CS(=O)(=O)CC(=O)NCc1ccc2c(c1)CNC2.Cl. The van der Waals surface area contributed by atoms with Gasteiger partial charge < -0.3 is 10.6 Å². The highest BCUT2D eigenvalue weighted by Gasteiger charge is 2.18. The number of benzene rings is 1. The molecule has 7 heteroatoms. The van der Waals surface area contributed by atoms with Gasteiger partial charge in [-0.1, -0.05) is 32.0 Å². The molecule has 22 heavy (non-hydrogen) atoms. The standard InChI is InChI=1S/C15H22N2O3S.ClH/c1-11(2)9-21(19,20)10-15(18)17-6-12-3-4-13-7-16-8-14(13)5-12;/h3-5,11,16H,6-10H2,1-2H3,(H,17,18);1H. The van der Waals surface area contributed by atoms with Crippen LogP contribution in [0.2, 0.25) is 0 Å². The topological polar surface area (TPSA) is 75.3 Å². The number of sulfone groups is 1. The molecule has 0 radical (unpaired) electrons. The summed E-state index contributed by atoms with van der Waals surface area (Å²) in [5.74, 6) is -0.788. The van der Waals surface area contributed by atoms with E-state index in [1.807, 2.05) is 26.0 Å². The second-order valence-corrected chi connectivity index (χ2v) is 8.04. The van der Waals surface area contributed by atoms with Crippen molar-refractivity contribution in [2.75, 3.05) is 11.5 Å². The van der Waals surface area contributed by atoms with Gasteiger partial charge in [0.2, 0.25) is 5.91 Å². The van der Waals surface area contributed by atoms with Crippen LogP contribution in [0.5, 0.6) is 0 Å². The minimum absolute atomic E-state index is 0. The molecule has 0 saturated heterocycles. The predicted molar refractivity (Wildman–Crippen MR) is 89.6 cm³/mol. The summed E-state index contributed by atoms with van der Waals surface area (Å²) < 4.78 is 23.5. The maximum atomic E-state index is 11.7. The van der Waals surface area contributed by atoms with E-state index in [9.17, 15) is 13.2 Å². The van der Waals surface area contributed by atoms with Crippen LogP contribution in [-0.4, -0.2) is 25.8 Å². The summed E-state index contributed by atoms with van der Waals surface area (Å²) in [6, 6.07) is 6.07. The van der Waals surface area contributed by atoms with Crippen molar-refractivity contribution in [3.63, 3.8) is 0 Å². The second kappa shape index (κ2) is 7.94. The Bertz CT molecular complexity index is 630. The van der Waals surface area contributed by atoms with E-state index in [-0.39, 0.29) is 24.1 Å². The van der Waals surface area contributed by atoms with Crippen LogP contribution in [0.1, 0.15) is 30.5 Å². The van der Waals surface area contributed by atoms with Crippen molar-refractivity contribution in [1.29, 1.82) is 0 Å². The molecule has 0 atom stereocenters. The number of carbonyl (C=O) groups excluding carboxylic acids is 1. The summed E-state index contributed by atoms with van der Waals surface area (Å²) in [6.45, 7) is 5.75. The van der Waals surface area contributed by atoms with Gasteiger partial charge in [-0.3, -0.25) is 4.79 Å². The molecule has 0 unspecified atom stereocenters. The van der Waals surface area contributed by atoms with Crippen molar-refractivity contribution >= 4 is 28.2 Å². The molecule has 0 bridgehead atoms. The summed E-state index contributed by atoms with van der Waals surface area (Å²) in [4.78, 5) is 11.7. The average molecular weight is 347 g/mol. The van der Waals surface area contributed by atoms with Gasteiger partial charge in [0.05, 0.1) is 5.75 Å². The molecule has 0 fully saturated rings. The fourth-order valence-corrected chi connectivity index (χ4v) is 4.11. The number of fused-ring (bicyclic) bond motifs is 1. The first-order valence-corrected chi connectivity index (χ1v) is 8.96. The minimum Gasteiger partial charge on any atom is -0.351 e. The second-order valence-electron chi connectivity index (χ2n) is 5.93. The van der Waals surface area contributed by atoms with Gasteiger partial charge in [-0.15, -0.1) is 12.4 Å². The molecule has 2 N–H and O–H groups in total. The van der Waals surface area contributed by atoms with Crippen molar-refractivity contribution in [1.82, 2.24) is 10.6 Å². The Balaban J connectivity index is 0.00000242. The average Bonchev–Trinajstić information content (AvgIpc) is 2.81. The molecule has 1 aromatic carbocycles. The summed E-state index contributed by atoms with van der Waals surface area (Å²) >= 11 is 0. The third-order valence-electron chi connectivity index (χ3n) is 3.33. The Morgan fingerprint density at radius 1 is 1.27 bits per heavy atom. The lowest BCUT2D eigenvalue weighted by molar-refractivity contribution is -0.118. The van der Waals surface area contributed by atoms with Gasteiger partial charge in [-0.25, -0.2) is 8.42 Å². The Morgan fingerprint density at radius 2 is 1.95 bits per heavy atom. The first kappa shape index (κ1) is 18.9. The number of hydrogen-bond acceptors (Lipinski definition) is 4. The highest BCUT2D eigenvalue weighted by atomic mass is 35.5. The fraction of sp³-hybridized carbons (Fsp3) is 0.533. The van der Waals surface area contributed by atoms with E-state index in [2.05, 4.69) is 16.7 Å². The largest absolute Gasteiger partial charge is 0.351 e. The van der Waals surface area contributed by atoms with Crippen LogP contribution in [0.4, 0.5) is 0 Å². The van der Waals surface area contributed by atoms with Crippen molar-refractivity contribution in [3.05, 3.63) is 34.9 Å². The van der Waals surface area contributed by atoms with Crippen molar-refractivity contribution in [3.8, 4) is 0 Å². The number of carbonyl (C=O) groups is 1. The van der Waals surface area contributed by atoms with Gasteiger partial charge in [0.1, 0.15) is 5.75 Å². The maximum absolute atomic E-state index is 11.7. The van der Waals surface area contributed by atoms with Crippen LogP contribution in [0.3, 0.4) is 0 Å². The minimum atomic E-state index is -3.32. The smallest absolute Gasteiger partial charge is 0.235 e. The molecule has 1 amide bonds. The zero-order valence-corrected chi connectivity index (χ0v) is 14.5. The highest BCUT2D eigenvalue weighted by Crippen LogP contribution is 2.16. The van der Waals surface area contributed by atoms with Crippen LogP contribution >= 0.6 is 12.4 Å². The lowest BCUT2D eigenvalue weighted by Crippen LogP contribution is -2.31. The van der Waals surface area contributed by atoms with Gasteiger partial charge in [0, 0.05) is 19.6 Å². The number of amides is 1. The molecule has 1 aliphatic rings. The van der Waals surface area contributed by atoms with E-state index in [1.54, 1.807) is 0 Å². The number of hydrogen-bond donors (Lipinski definition) is 2. The Hall–Kier alpha value is -1.11. The van der Waals surface area contributed by atoms with Gasteiger partial charge in [0.25, 0.3) is 0 Å². The van der Waals surface area contributed by atoms with E-state index < -0.39 is 21.5 Å². The fourth-order valence-electron chi connectivity index (χ4n) is 2.48. The molecule has 0 spiro atoms. The lowest BCUT2D eigenvalue weighted by atomic mass is 10.1. The van der Waals surface area contributed by atoms with E-state index >= 15 is 0 Å². The molecule has 1 heterocycles. The Labute approximate surface area is 138 Å². The molecule has 1 aromatic rings. The van der Waals surface area contributed by atoms with Crippen molar-refractivity contribution in [2.45, 2.75) is 33.5 Å². The predicted octanol–water partition coefficient (Wildman–Crippen LogP) is 1.40. The van der Waals surface area contributed by atoms with Gasteiger partial charge in [-0.05, 0) is 22.6 Å². The summed E-state index contributed by atoms with van der Waals surface area (Å²) in [5.41, 5.74) is 3.52. The Kier molecular flexibility index (Phi) is 6.84. The molecule has 5 nitrogen and oxygen atoms in total. The quantitative estimate of drug-likeness (QED) is 0.816. The molecule has 1 aliphatic heterocycles. The zero-order valence-electron chi connectivity index (χ0n) is 12.9. The van der Waals surface area contributed by atoms with Crippen LogP contribution < -0.4 is 10.6 Å². The van der Waals surface area contributed by atoms with E-state index in [4.69, 9.17) is 0 Å². The molecular formula is C15H23ClN2O3S. The van der Waals surface area contributed by atoms with Crippen molar-refractivity contribution < 1.29 is 13.2 Å². The molecule has 0 aliphatic carbocycles. The van der Waals surface area contributed by atoms with Crippen LogP contribution in [-0.2, 0) is 34.3 Å². The molecule has 0 aromatic heterocycles. The summed E-state index contributed by atoms with van der Waals surface area (Å²) in [6.07, 6.45) is 0.